The minimum Gasteiger partial charge on any atom is -0.497 e. The molecular formula is C27H30N2O7S. The zero-order valence-electron chi connectivity index (χ0n) is 20.8. The van der Waals surface area contributed by atoms with E-state index in [1.807, 2.05) is 6.07 Å². The Hall–Kier alpha value is -3.76. The number of anilines is 1. The van der Waals surface area contributed by atoms with Crippen molar-refractivity contribution in [3.63, 3.8) is 0 Å². The molecule has 1 saturated heterocycles. The second-order valence-electron chi connectivity index (χ2n) is 8.47. The fraction of sp³-hybridized carbons (Fsp3) is 0.296. The molecule has 196 valence electrons. The number of methoxy groups -OCH3 is 2. The van der Waals surface area contributed by atoms with Crippen LogP contribution in [-0.4, -0.2) is 52.8 Å². The lowest BCUT2D eigenvalue weighted by Crippen LogP contribution is -2.39. The van der Waals surface area contributed by atoms with Crippen LogP contribution >= 0.6 is 0 Å². The van der Waals surface area contributed by atoms with Crippen molar-refractivity contribution < 1.29 is 31.6 Å². The number of carbonyl (C=O) groups excluding carboxylic acids is 1. The van der Waals surface area contributed by atoms with Crippen LogP contribution in [0.15, 0.2) is 77.7 Å². The average Bonchev–Trinajstić information content (AvgIpc) is 3.43. The molecule has 1 atom stereocenters. The maximum absolute atomic E-state index is 13.4. The molecule has 0 radical (unpaired) electrons. The molecule has 1 aliphatic rings. The Morgan fingerprint density at radius 1 is 0.973 bits per heavy atom. The lowest BCUT2D eigenvalue weighted by molar-refractivity contribution is 0.0818. The molecule has 1 heterocycles. The predicted molar refractivity (Wildman–Crippen MR) is 139 cm³/mol. The highest BCUT2D eigenvalue weighted by Gasteiger charge is 2.26. The van der Waals surface area contributed by atoms with Crippen LogP contribution in [0.5, 0.6) is 17.2 Å². The first-order valence-electron chi connectivity index (χ1n) is 11.9. The van der Waals surface area contributed by atoms with Gasteiger partial charge in [-0.05, 0) is 55.3 Å². The van der Waals surface area contributed by atoms with Gasteiger partial charge in [0.15, 0.2) is 0 Å². The van der Waals surface area contributed by atoms with Crippen molar-refractivity contribution in [1.29, 1.82) is 0 Å². The summed E-state index contributed by atoms with van der Waals surface area (Å²) in [6.45, 7) is 1.09. The average molecular weight is 527 g/mol. The topological polar surface area (TPSA) is 103 Å². The highest BCUT2D eigenvalue weighted by Crippen LogP contribution is 2.28. The Balaban J connectivity index is 1.57. The second kappa shape index (κ2) is 12.0. The summed E-state index contributed by atoms with van der Waals surface area (Å²) in [7, 11) is -1.08. The van der Waals surface area contributed by atoms with Crippen LogP contribution in [0.2, 0.25) is 0 Å². The largest absolute Gasteiger partial charge is 0.497 e. The first-order chi connectivity index (χ1) is 17.9. The van der Waals surface area contributed by atoms with E-state index in [0.29, 0.717) is 35.9 Å². The summed E-state index contributed by atoms with van der Waals surface area (Å²) in [6.07, 6.45) is 1.65. The number of benzene rings is 3. The number of rotatable bonds is 10. The second-order valence-corrected chi connectivity index (χ2v) is 10.0. The van der Waals surface area contributed by atoms with Crippen LogP contribution in [0, 0.1) is 0 Å². The Kier molecular flexibility index (Phi) is 8.52. The predicted octanol–water partition coefficient (Wildman–Crippen LogP) is 4.68. The van der Waals surface area contributed by atoms with Crippen LogP contribution in [0.4, 0.5) is 10.5 Å². The Bertz CT molecular complexity index is 1310. The van der Waals surface area contributed by atoms with Gasteiger partial charge in [-0.2, -0.15) is 8.42 Å². The Labute approximate surface area is 217 Å². The number of amides is 2. The van der Waals surface area contributed by atoms with Crippen molar-refractivity contribution in [3.8, 4) is 17.2 Å². The number of para-hydroxylation sites is 3. The molecule has 1 N–H and O–H groups in total. The van der Waals surface area contributed by atoms with Crippen molar-refractivity contribution in [1.82, 2.24) is 4.90 Å². The number of ether oxygens (including phenoxy) is 3. The molecule has 0 bridgehead atoms. The Morgan fingerprint density at radius 3 is 2.35 bits per heavy atom. The van der Waals surface area contributed by atoms with E-state index in [1.165, 1.54) is 26.4 Å². The van der Waals surface area contributed by atoms with E-state index in [-0.39, 0.29) is 29.3 Å². The van der Waals surface area contributed by atoms with Crippen molar-refractivity contribution in [3.05, 3.63) is 78.4 Å². The van der Waals surface area contributed by atoms with Crippen LogP contribution in [0.3, 0.4) is 0 Å². The number of carbonyl (C=O) groups is 1. The minimum absolute atomic E-state index is 0.00627. The first kappa shape index (κ1) is 26.3. The molecule has 1 aliphatic heterocycles. The van der Waals surface area contributed by atoms with Crippen molar-refractivity contribution >= 4 is 21.8 Å². The van der Waals surface area contributed by atoms with Gasteiger partial charge in [0.1, 0.15) is 22.1 Å². The maximum Gasteiger partial charge on any atom is 0.339 e. The zero-order valence-corrected chi connectivity index (χ0v) is 21.6. The normalized spacial score (nSPS) is 15.1. The summed E-state index contributed by atoms with van der Waals surface area (Å²) in [5, 5.41) is 2.90. The van der Waals surface area contributed by atoms with Crippen molar-refractivity contribution in [2.24, 2.45) is 0 Å². The summed E-state index contributed by atoms with van der Waals surface area (Å²) in [5.41, 5.74) is 1.06. The van der Waals surface area contributed by atoms with E-state index in [9.17, 15) is 13.2 Å². The molecule has 10 heteroatoms. The summed E-state index contributed by atoms with van der Waals surface area (Å²) in [6, 6.07) is 19.4. The lowest BCUT2D eigenvalue weighted by Gasteiger charge is -2.27. The van der Waals surface area contributed by atoms with Crippen LogP contribution < -0.4 is 19.0 Å². The Morgan fingerprint density at radius 2 is 1.68 bits per heavy atom. The van der Waals surface area contributed by atoms with Gasteiger partial charge < -0.3 is 28.6 Å². The highest BCUT2D eigenvalue weighted by molar-refractivity contribution is 7.87. The number of nitrogens with one attached hydrogen (secondary N) is 1. The van der Waals surface area contributed by atoms with Gasteiger partial charge in [0.25, 0.3) is 0 Å². The summed E-state index contributed by atoms with van der Waals surface area (Å²) >= 11 is 0. The molecule has 2 amide bonds. The summed E-state index contributed by atoms with van der Waals surface area (Å²) in [5.74, 6) is 1.20. The highest BCUT2D eigenvalue weighted by atomic mass is 32.2. The third kappa shape index (κ3) is 6.72. The van der Waals surface area contributed by atoms with Gasteiger partial charge in [0.05, 0.1) is 32.6 Å². The third-order valence-corrected chi connectivity index (χ3v) is 7.21. The van der Waals surface area contributed by atoms with Crippen LogP contribution in [0.1, 0.15) is 18.4 Å². The number of hydrogen-bond acceptors (Lipinski definition) is 7. The van der Waals surface area contributed by atoms with E-state index < -0.39 is 10.1 Å². The molecule has 0 aromatic heterocycles. The quantitative estimate of drug-likeness (QED) is 0.383. The summed E-state index contributed by atoms with van der Waals surface area (Å²) < 4.78 is 47.7. The lowest BCUT2D eigenvalue weighted by atomic mass is 10.1. The molecule has 3 aromatic carbocycles. The zero-order chi connectivity index (χ0) is 26.3. The molecule has 0 saturated carbocycles. The van der Waals surface area contributed by atoms with Crippen molar-refractivity contribution in [2.45, 2.75) is 30.4 Å². The van der Waals surface area contributed by atoms with E-state index >= 15 is 0 Å². The van der Waals surface area contributed by atoms with Gasteiger partial charge in [-0.15, -0.1) is 0 Å². The van der Waals surface area contributed by atoms with Crippen molar-refractivity contribution in [2.75, 3.05) is 32.7 Å². The molecule has 0 spiro atoms. The molecule has 37 heavy (non-hydrogen) atoms. The molecule has 9 nitrogen and oxygen atoms in total. The smallest absolute Gasteiger partial charge is 0.339 e. The molecule has 3 aromatic rings. The molecular weight excluding hydrogens is 496 g/mol. The monoisotopic (exact) mass is 526 g/mol. The van der Waals surface area contributed by atoms with Crippen LogP contribution in [0.25, 0.3) is 0 Å². The molecule has 0 aliphatic carbocycles. The fourth-order valence-corrected chi connectivity index (χ4v) is 4.99. The van der Waals surface area contributed by atoms with Gasteiger partial charge in [-0.25, -0.2) is 4.79 Å². The molecule has 4 rings (SSSR count). The number of urea groups is 1. The standard InChI is InChI=1S/C27H30N2O7S/c1-33-21-13-15-23(16-14-21)37(31,32)36-25-11-5-3-8-20(25)18-29(19-22-9-7-17-35-22)27(30)28-24-10-4-6-12-26(24)34-2/h3-6,8,10-16,22H,7,9,17-19H2,1-2H3,(H,28,30). The first-order valence-corrected chi connectivity index (χ1v) is 13.3. The molecule has 1 fully saturated rings. The third-order valence-electron chi connectivity index (χ3n) is 5.97. The maximum atomic E-state index is 13.4. The fourth-order valence-electron chi connectivity index (χ4n) is 4.03. The van der Waals surface area contributed by atoms with E-state index in [1.54, 1.807) is 59.5 Å². The van der Waals surface area contributed by atoms with E-state index in [2.05, 4.69) is 5.32 Å². The van der Waals surface area contributed by atoms with Gasteiger partial charge in [-0.3, -0.25) is 0 Å². The van der Waals surface area contributed by atoms with Crippen LogP contribution in [-0.2, 0) is 21.4 Å². The molecule has 1 unspecified atom stereocenters. The number of nitrogens with zero attached hydrogens (tertiary/aromatic N) is 1. The van der Waals surface area contributed by atoms with E-state index in [4.69, 9.17) is 18.4 Å². The van der Waals surface area contributed by atoms with Gasteiger partial charge in [-0.1, -0.05) is 30.3 Å². The summed E-state index contributed by atoms with van der Waals surface area (Å²) in [4.78, 5) is 15.0. The van der Waals surface area contributed by atoms with Gasteiger partial charge in [0, 0.05) is 18.7 Å². The van der Waals surface area contributed by atoms with Gasteiger partial charge >= 0.3 is 16.1 Å². The van der Waals surface area contributed by atoms with Gasteiger partial charge in [0.2, 0.25) is 0 Å². The SMILES string of the molecule is COc1ccc(S(=O)(=O)Oc2ccccc2CN(CC2CCCO2)C(=O)Nc2ccccc2OC)cc1. The number of hydrogen-bond donors (Lipinski definition) is 1. The minimum atomic E-state index is -4.11. The van der Waals surface area contributed by atoms with E-state index in [0.717, 1.165) is 12.8 Å².